The maximum absolute atomic E-state index is 12.5. The fraction of sp³-hybridized carbons (Fsp3) is 0.238. The second kappa shape index (κ2) is 9.75. The van der Waals surface area contributed by atoms with Gasteiger partial charge in [0.25, 0.3) is 11.5 Å². The summed E-state index contributed by atoms with van der Waals surface area (Å²) in [5.74, 6) is -4.77. The quantitative estimate of drug-likeness (QED) is 0.148. The number of carbonyl (C=O) groups excluding carboxylic acids is 1. The van der Waals surface area contributed by atoms with E-state index in [0.29, 0.717) is 11.3 Å². The molecule has 2 atom stereocenters. The van der Waals surface area contributed by atoms with Crippen molar-refractivity contribution < 1.29 is 43.6 Å². The number of ether oxygens (including phenoxy) is 4. The van der Waals surface area contributed by atoms with E-state index >= 15 is 0 Å². The minimum Gasteiger partial charge on any atom is -0.497 e. The topological polar surface area (TPSA) is 148 Å². The van der Waals surface area contributed by atoms with Crippen molar-refractivity contribution in [3.05, 3.63) is 81.4 Å². The third-order valence-electron chi connectivity index (χ3n) is 4.71. The number of esters is 1. The van der Waals surface area contributed by atoms with Crippen molar-refractivity contribution in [1.29, 1.82) is 0 Å². The lowest BCUT2D eigenvalue weighted by Crippen LogP contribution is -2.42. The first kappa shape index (κ1) is 23.8. The van der Waals surface area contributed by atoms with Crippen molar-refractivity contribution in [2.45, 2.75) is 11.8 Å². The number of oxime groups is 1. The zero-order valence-electron chi connectivity index (χ0n) is 17.8. The Morgan fingerprint density at radius 3 is 2.48 bits per heavy atom. The normalized spacial score (nSPS) is 22.1. The summed E-state index contributed by atoms with van der Waals surface area (Å²) in [4.78, 5) is 32.7. The standard InChI is InChI=1S/C21H20N2O10/c1-28-17-6-4-5-15(11-17)20(33-27)12-18(19(24)29-2)21(30-3,31-20)32-22-13-14-7-9-16(10-8-14)23(25)26/h4-13,27H,1-3H3/b22-13+/t20-,21+/m0/s1. The fourth-order valence-corrected chi connectivity index (χ4v) is 3.03. The highest BCUT2D eigenvalue weighted by Gasteiger charge is 2.59. The molecule has 1 N–H and O–H groups in total. The third-order valence-corrected chi connectivity index (χ3v) is 4.71. The molecule has 12 nitrogen and oxygen atoms in total. The number of nitro benzene ring substituents is 1. The van der Waals surface area contributed by atoms with Crippen molar-refractivity contribution in [1.82, 2.24) is 0 Å². The van der Waals surface area contributed by atoms with Gasteiger partial charge in [0.2, 0.25) is 0 Å². The predicted molar refractivity (Wildman–Crippen MR) is 111 cm³/mol. The maximum atomic E-state index is 12.5. The molecule has 1 heterocycles. The minimum absolute atomic E-state index is 0.0976. The first-order valence-corrected chi connectivity index (χ1v) is 9.33. The molecule has 0 unspecified atom stereocenters. The molecule has 174 valence electrons. The largest absolute Gasteiger partial charge is 0.497 e. The Labute approximate surface area is 187 Å². The van der Waals surface area contributed by atoms with E-state index in [1.165, 1.54) is 50.8 Å². The van der Waals surface area contributed by atoms with Crippen LogP contribution in [0.3, 0.4) is 0 Å². The number of rotatable bonds is 9. The van der Waals surface area contributed by atoms with Gasteiger partial charge in [-0.25, -0.2) is 10.1 Å². The van der Waals surface area contributed by atoms with Crippen LogP contribution in [-0.2, 0) is 34.5 Å². The lowest BCUT2D eigenvalue weighted by molar-refractivity contribution is -0.464. The average molecular weight is 460 g/mol. The highest BCUT2D eigenvalue weighted by molar-refractivity contribution is 5.90. The second-order valence-electron chi connectivity index (χ2n) is 6.58. The lowest BCUT2D eigenvalue weighted by Gasteiger charge is -2.31. The molecule has 0 fully saturated rings. The molecular formula is C21H20N2O10. The predicted octanol–water partition coefficient (Wildman–Crippen LogP) is 2.73. The molecular weight excluding hydrogens is 440 g/mol. The average Bonchev–Trinajstić information content (AvgIpc) is 3.20. The second-order valence-corrected chi connectivity index (χ2v) is 6.58. The summed E-state index contributed by atoms with van der Waals surface area (Å²) in [6.45, 7) is 0. The van der Waals surface area contributed by atoms with E-state index in [-0.39, 0.29) is 16.8 Å². The van der Waals surface area contributed by atoms with Gasteiger partial charge in [0.1, 0.15) is 11.3 Å². The Hall–Kier alpha value is -3.84. The Bertz CT molecular complexity index is 1080. The lowest BCUT2D eigenvalue weighted by atomic mass is 10.0. The van der Waals surface area contributed by atoms with Crippen LogP contribution in [-0.4, -0.2) is 49.7 Å². The zero-order chi connectivity index (χ0) is 24.1. The van der Waals surface area contributed by atoms with E-state index in [0.717, 1.165) is 13.2 Å². The van der Waals surface area contributed by atoms with Crippen LogP contribution >= 0.6 is 0 Å². The summed E-state index contributed by atoms with van der Waals surface area (Å²) in [5.41, 5.74) is 0.295. The Balaban J connectivity index is 1.96. The van der Waals surface area contributed by atoms with E-state index in [9.17, 15) is 20.2 Å². The van der Waals surface area contributed by atoms with Crippen molar-refractivity contribution in [3.8, 4) is 5.75 Å². The summed E-state index contributed by atoms with van der Waals surface area (Å²) < 4.78 is 21.1. The number of benzene rings is 2. The zero-order valence-corrected chi connectivity index (χ0v) is 17.8. The highest BCUT2D eigenvalue weighted by atomic mass is 17.2. The molecule has 0 saturated heterocycles. The molecule has 0 amide bonds. The summed E-state index contributed by atoms with van der Waals surface area (Å²) in [7, 11) is 3.76. The summed E-state index contributed by atoms with van der Waals surface area (Å²) in [6, 6.07) is 11.8. The molecule has 33 heavy (non-hydrogen) atoms. The Morgan fingerprint density at radius 1 is 1.18 bits per heavy atom. The first-order valence-electron chi connectivity index (χ1n) is 9.33. The van der Waals surface area contributed by atoms with Gasteiger partial charge in [-0.15, -0.1) is 0 Å². The van der Waals surface area contributed by atoms with E-state index in [2.05, 4.69) is 10.0 Å². The monoisotopic (exact) mass is 460 g/mol. The molecule has 0 bridgehead atoms. The number of carbonyl (C=O) groups is 1. The molecule has 0 aliphatic carbocycles. The van der Waals surface area contributed by atoms with E-state index in [1.807, 2.05) is 0 Å². The van der Waals surface area contributed by atoms with Crippen LogP contribution in [0.5, 0.6) is 5.75 Å². The van der Waals surface area contributed by atoms with Gasteiger partial charge >= 0.3 is 11.9 Å². The number of nitrogens with zero attached hydrogens (tertiary/aromatic N) is 2. The number of nitro groups is 1. The van der Waals surface area contributed by atoms with Gasteiger partial charge < -0.3 is 19.0 Å². The smallest absolute Gasteiger partial charge is 0.388 e. The number of hydrogen-bond donors (Lipinski definition) is 1. The van der Waals surface area contributed by atoms with Crippen molar-refractivity contribution in [2.75, 3.05) is 21.3 Å². The molecule has 0 saturated carbocycles. The number of methoxy groups -OCH3 is 3. The Morgan fingerprint density at radius 2 is 1.91 bits per heavy atom. The first-order chi connectivity index (χ1) is 15.8. The van der Waals surface area contributed by atoms with Crippen molar-refractivity contribution in [2.24, 2.45) is 5.16 Å². The van der Waals surface area contributed by atoms with Gasteiger partial charge in [0, 0.05) is 30.9 Å². The maximum Gasteiger partial charge on any atom is 0.388 e. The van der Waals surface area contributed by atoms with Crippen LogP contribution in [0.1, 0.15) is 11.1 Å². The van der Waals surface area contributed by atoms with Crippen molar-refractivity contribution >= 4 is 17.9 Å². The molecule has 0 radical (unpaired) electrons. The van der Waals surface area contributed by atoms with Gasteiger partial charge in [0.15, 0.2) is 0 Å². The Kier molecular flexibility index (Phi) is 7.04. The molecule has 1 aliphatic rings. The SMILES string of the molecule is COC(=O)C1=C[C@](OO)(c2cccc(OC)c2)O[C@@]1(OC)O/N=C/c1ccc([N+](=O)[O-])cc1. The van der Waals surface area contributed by atoms with Crippen LogP contribution in [0, 0.1) is 10.1 Å². The molecule has 2 aromatic rings. The summed E-state index contributed by atoms with van der Waals surface area (Å²) in [5, 5.41) is 24.3. The van der Waals surface area contributed by atoms with Crippen molar-refractivity contribution in [3.63, 3.8) is 0 Å². The van der Waals surface area contributed by atoms with Gasteiger partial charge in [-0.1, -0.05) is 17.3 Å². The molecule has 12 heteroatoms. The van der Waals surface area contributed by atoms with Crippen LogP contribution in [0.4, 0.5) is 5.69 Å². The molecule has 2 aromatic carbocycles. The van der Waals surface area contributed by atoms with E-state index < -0.39 is 22.7 Å². The van der Waals surface area contributed by atoms with Crippen LogP contribution in [0.15, 0.2) is 65.3 Å². The van der Waals surface area contributed by atoms with Crippen LogP contribution < -0.4 is 4.74 Å². The van der Waals surface area contributed by atoms with Gasteiger partial charge in [-0.3, -0.25) is 14.9 Å². The fourth-order valence-electron chi connectivity index (χ4n) is 3.03. The highest BCUT2D eigenvalue weighted by Crippen LogP contribution is 2.46. The summed E-state index contributed by atoms with van der Waals surface area (Å²) in [6.07, 6.45) is 2.34. The summed E-state index contributed by atoms with van der Waals surface area (Å²) >= 11 is 0. The molecule has 0 spiro atoms. The van der Waals surface area contributed by atoms with Gasteiger partial charge in [0.05, 0.1) is 25.4 Å². The van der Waals surface area contributed by atoms with Gasteiger partial charge in [-0.05, 0) is 29.8 Å². The van der Waals surface area contributed by atoms with Crippen LogP contribution in [0.2, 0.25) is 0 Å². The molecule has 0 aromatic heterocycles. The molecule has 3 rings (SSSR count). The minimum atomic E-state index is -2.27. The van der Waals surface area contributed by atoms with E-state index in [4.69, 9.17) is 23.8 Å². The molecule has 1 aliphatic heterocycles. The van der Waals surface area contributed by atoms with E-state index in [1.54, 1.807) is 18.2 Å². The third kappa shape index (κ3) is 4.68. The number of non-ortho nitro benzene ring substituents is 1. The van der Waals surface area contributed by atoms with Crippen LogP contribution in [0.25, 0.3) is 0 Å². The number of hydrogen-bond acceptors (Lipinski definition) is 11. The van der Waals surface area contributed by atoms with Gasteiger partial charge in [-0.2, -0.15) is 4.89 Å².